The van der Waals surface area contributed by atoms with E-state index < -0.39 is 0 Å². The van der Waals surface area contributed by atoms with E-state index in [1.807, 2.05) is 18.3 Å². The van der Waals surface area contributed by atoms with Crippen LogP contribution in [-0.2, 0) is 6.54 Å². The highest BCUT2D eigenvalue weighted by atomic mass is 16.3. The van der Waals surface area contributed by atoms with E-state index in [9.17, 15) is 5.11 Å². The Morgan fingerprint density at radius 1 is 1.10 bits per heavy atom. The number of anilines is 2. The van der Waals surface area contributed by atoms with Crippen molar-refractivity contribution in [2.45, 2.75) is 25.8 Å². The molecule has 1 saturated heterocycles. The SMILES string of the molecule is Oc1cccc(CNc2ccc(N3CCCCC3)nc2)c1. The van der Waals surface area contributed by atoms with Crippen LogP contribution in [0, 0.1) is 0 Å². The maximum Gasteiger partial charge on any atom is 0.128 e. The van der Waals surface area contributed by atoms with Gasteiger partial charge in [0.25, 0.3) is 0 Å². The van der Waals surface area contributed by atoms with Gasteiger partial charge in [0, 0.05) is 19.6 Å². The molecule has 1 aromatic heterocycles. The highest BCUT2D eigenvalue weighted by molar-refractivity contribution is 5.49. The zero-order valence-electron chi connectivity index (χ0n) is 12.1. The maximum absolute atomic E-state index is 9.45. The van der Waals surface area contributed by atoms with E-state index in [2.05, 4.69) is 27.3 Å². The number of pyridine rings is 1. The number of aromatic nitrogens is 1. The summed E-state index contributed by atoms with van der Waals surface area (Å²) in [4.78, 5) is 6.90. The van der Waals surface area contributed by atoms with Crippen LogP contribution in [-0.4, -0.2) is 23.2 Å². The van der Waals surface area contributed by atoms with Crippen molar-refractivity contribution in [3.63, 3.8) is 0 Å². The molecule has 1 aromatic carbocycles. The minimum Gasteiger partial charge on any atom is -0.508 e. The second-order valence-corrected chi connectivity index (χ2v) is 5.48. The van der Waals surface area contributed by atoms with Crippen molar-refractivity contribution in [1.82, 2.24) is 4.98 Å². The Morgan fingerprint density at radius 3 is 2.67 bits per heavy atom. The number of rotatable bonds is 4. The molecule has 0 unspecified atom stereocenters. The third-order valence-electron chi connectivity index (χ3n) is 3.84. The smallest absolute Gasteiger partial charge is 0.128 e. The Labute approximate surface area is 125 Å². The molecule has 2 heterocycles. The van der Waals surface area contributed by atoms with Crippen LogP contribution in [0.25, 0.3) is 0 Å². The molecule has 0 spiro atoms. The number of piperidine rings is 1. The van der Waals surface area contributed by atoms with Crippen LogP contribution in [0.3, 0.4) is 0 Å². The Balaban J connectivity index is 1.59. The summed E-state index contributed by atoms with van der Waals surface area (Å²) < 4.78 is 0. The Morgan fingerprint density at radius 2 is 1.95 bits per heavy atom. The van der Waals surface area contributed by atoms with Crippen molar-refractivity contribution in [2.75, 3.05) is 23.3 Å². The predicted molar refractivity (Wildman–Crippen MR) is 85.7 cm³/mol. The Kier molecular flexibility index (Phi) is 4.24. The molecular formula is C17H21N3O. The van der Waals surface area contributed by atoms with Crippen LogP contribution >= 0.6 is 0 Å². The first kappa shape index (κ1) is 13.7. The molecule has 0 radical (unpaired) electrons. The zero-order valence-corrected chi connectivity index (χ0v) is 12.1. The average Bonchev–Trinajstić information content (AvgIpc) is 2.54. The van der Waals surface area contributed by atoms with Gasteiger partial charge in [0.2, 0.25) is 0 Å². The summed E-state index contributed by atoms with van der Waals surface area (Å²) in [6.45, 7) is 2.91. The van der Waals surface area contributed by atoms with E-state index in [0.717, 1.165) is 30.2 Å². The Bertz CT molecular complexity index is 577. The highest BCUT2D eigenvalue weighted by Gasteiger charge is 2.11. The number of aromatic hydroxyl groups is 1. The van der Waals surface area contributed by atoms with E-state index in [-0.39, 0.29) is 0 Å². The number of phenolic OH excluding ortho intramolecular Hbond substituents is 1. The van der Waals surface area contributed by atoms with E-state index in [0.29, 0.717) is 12.3 Å². The molecule has 4 heteroatoms. The number of nitrogens with one attached hydrogen (secondary N) is 1. The molecule has 2 aromatic rings. The summed E-state index contributed by atoms with van der Waals surface area (Å²) in [7, 11) is 0. The molecule has 3 rings (SSSR count). The largest absolute Gasteiger partial charge is 0.508 e. The van der Waals surface area contributed by atoms with Gasteiger partial charge in [-0.2, -0.15) is 0 Å². The van der Waals surface area contributed by atoms with Gasteiger partial charge < -0.3 is 15.3 Å². The van der Waals surface area contributed by atoms with Crippen LogP contribution in [0.5, 0.6) is 5.75 Å². The lowest BCUT2D eigenvalue weighted by Gasteiger charge is -2.27. The first-order valence-electron chi connectivity index (χ1n) is 7.54. The van der Waals surface area contributed by atoms with E-state index in [1.54, 1.807) is 12.1 Å². The van der Waals surface area contributed by atoms with Gasteiger partial charge in [-0.1, -0.05) is 12.1 Å². The van der Waals surface area contributed by atoms with Crippen molar-refractivity contribution in [3.8, 4) is 5.75 Å². The molecule has 0 saturated carbocycles. The van der Waals surface area contributed by atoms with Crippen molar-refractivity contribution >= 4 is 11.5 Å². The van der Waals surface area contributed by atoms with Crippen LogP contribution < -0.4 is 10.2 Å². The maximum atomic E-state index is 9.45. The second kappa shape index (κ2) is 6.48. The van der Waals surface area contributed by atoms with Gasteiger partial charge in [-0.3, -0.25) is 0 Å². The molecule has 0 aliphatic carbocycles. The molecule has 110 valence electrons. The molecular weight excluding hydrogens is 262 g/mol. The third kappa shape index (κ3) is 3.66. The van der Waals surface area contributed by atoms with Crippen molar-refractivity contribution < 1.29 is 5.11 Å². The van der Waals surface area contributed by atoms with Gasteiger partial charge in [-0.05, 0) is 49.1 Å². The molecule has 1 aliphatic rings. The minimum absolute atomic E-state index is 0.299. The molecule has 4 nitrogen and oxygen atoms in total. The first-order chi connectivity index (χ1) is 10.3. The van der Waals surface area contributed by atoms with Crippen LogP contribution in [0.1, 0.15) is 24.8 Å². The molecule has 1 fully saturated rings. The summed E-state index contributed by atoms with van der Waals surface area (Å²) >= 11 is 0. The van der Waals surface area contributed by atoms with Gasteiger partial charge in [0.05, 0.1) is 11.9 Å². The van der Waals surface area contributed by atoms with Gasteiger partial charge in [-0.25, -0.2) is 4.98 Å². The van der Waals surface area contributed by atoms with Crippen molar-refractivity contribution in [1.29, 1.82) is 0 Å². The summed E-state index contributed by atoms with van der Waals surface area (Å²) in [6, 6.07) is 11.4. The lowest BCUT2D eigenvalue weighted by Crippen LogP contribution is -2.30. The quantitative estimate of drug-likeness (QED) is 0.903. The Hall–Kier alpha value is -2.23. The van der Waals surface area contributed by atoms with Crippen molar-refractivity contribution in [2.24, 2.45) is 0 Å². The fraction of sp³-hybridized carbons (Fsp3) is 0.353. The number of phenols is 1. The number of benzene rings is 1. The lowest BCUT2D eigenvalue weighted by molar-refractivity contribution is 0.474. The summed E-state index contributed by atoms with van der Waals surface area (Å²) in [5.74, 6) is 1.37. The minimum atomic E-state index is 0.299. The highest BCUT2D eigenvalue weighted by Crippen LogP contribution is 2.19. The average molecular weight is 283 g/mol. The number of hydrogen-bond donors (Lipinski definition) is 2. The summed E-state index contributed by atoms with van der Waals surface area (Å²) in [5.41, 5.74) is 2.05. The van der Waals surface area contributed by atoms with Gasteiger partial charge >= 0.3 is 0 Å². The summed E-state index contributed by atoms with van der Waals surface area (Å²) in [5, 5.41) is 12.8. The van der Waals surface area contributed by atoms with Crippen molar-refractivity contribution in [3.05, 3.63) is 48.2 Å². The van der Waals surface area contributed by atoms with Gasteiger partial charge in [0.1, 0.15) is 11.6 Å². The fourth-order valence-electron chi connectivity index (χ4n) is 2.67. The molecule has 2 N–H and O–H groups in total. The fourth-order valence-corrected chi connectivity index (χ4v) is 2.67. The predicted octanol–water partition coefficient (Wildman–Crippen LogP) is 3.39. The molecule has 0 amide bonds. The van der Waals surface area contributed by atoms with E-state index in [4.69, 9.17) is 0 Å². The topological polar surface area (TPSA) is 48.4 Å². The van der Waals surface area contributed by atoms with Crippen LogP contribution in [0.15, 0.2) is 42.6 Å². The molecule has 0 atom stereocenters. The lowest BCUT2D eigenvalue weighted by atomic mass is 10.1. The molecule has 21 heavy (non-hydrogen) atoms. The van der Waals surface area contributed by atoms with Crippen LogP contribution in [0.4, 0.5) is 11.5 Å². The summed E-state index contributed by atoms with van der Waals surface area (Å²) in [6.07, 6.45) is 5.74. The number of hydrogen-bond acceptors (Lipinski definition) is 4. The van der Waals surface area contributed by atoms with Gasteiger partial charge in [-0.15, -0.1) is 0 Å². The first-order valence-corrected chi connectivity index (χ1v) is 7.54. The monoisotopic (exact) mass is 283 g/mol. The van der Waals surface area contributed by atoms with E-state index >= 15 is 0 Å². The van der Waals surface area contributed by atoms with Crippen LogP contribution in [0.2, 0.25) is 0 Å². The van der Waals surface area contributed by atoms with E-state index in [1.165, 1.54) is 19.3 Å². The number of nitrogens with zero attached hydrogens (tertiary/aromatic N) is 2. The standard InChI is InChI=1S/C17H21N3O/c21-16-6-4-5-14(11-16)12-18-15-7-8-17(19-13-15)20-9-2-1-3-10-20/h4-8,11,13,18,21H,1-3,9-10,12H2. The normalized spacial score (nSPS) is 15.0. The zero-order chi connectivity index (χ0) is 14.5. The molecule has 1 aliphatic heterocycles. The third-order valence-corrected chi connectivity index (χ3v) is 3.84. The second-order valence-electron chi connectivity index (χ2n) is 5.48. The van der Waals surface area contributed by atoms with Gasteiger partial charge in [0.15, 0.2) is 0 Å². The molecule has 0 bridgehead atoms.